The van der Waals surface area contributed by atoms with Gasteiger partial charge in [-0.05, 0) is 48.5 Å². The maximum atomic E-state index is 12.7. The molecule has 32 heavy (non-hydrogen) atoms. The van der Waals surface area contributed by atoms with Gasteiger partial charge in [-0.25, -0.2) is 4.79 Å². The molecule has 0 spiro atoms. The lowest BCUT2D eigenvalue weighted by Crippen LogP contribution is -2.26. The molecule has 0 fully saturated rings. The molecule has 8 nitrogen and oxygen atoms in total. The average Bonchev–Trinajstić information content (AvgIpc) is 3.34. The standard InChI is InChI=1S/C21H15F3N4O4/c22-21(23,24)14-7-5-12(6-8-14)19(30)28-9-15-16(10-28)26-27-17(15)25-18(29)11-1-3-13(4-2-11)20(31)32/h1-8H,9-10H2,(H,31,32)(H2,25,26,27,29). The van der Waals surface area contributed by atoms with Crippen LogP contribution in [0.4, 0.5) is 19.0 Å². The van der Waals surface area contributed by atoms with Crippen molar-refractivity contribution in [3.63, 3.8) is 0 Å². The molecular formula is C21H15F3N4O4. The van der Waals surface area contributed by atoms with Crippen LogP contribution >= 0.6 is 0 Å². The zero-order valence-electron chi connectivity index (χ0n) is 16.2. The second-order valence-corrected chi connectivity index (χ2v) is 7.10. The molecule has 3 N–H and O–H groups in total. The van der Waals surface area contributed by atoms with Crippen molar-refractivity contribution in [2.24, 2.45) is 0 Å². The molecule has 0 bridgehead atoms. The Hall–Kier alpha value is -4.15. The van der Waals surface area contributed by atoms with Crippen molar-refractivity contribution in [3.8, 4) is 0 Å². The van der Waals surface area contributed by atoms with Crippen LogP contribution in [0.25, 0.3) is 0 Å². The smallest absolute Gasteiger partial charge is 0.416 e. The van der Waals surface area contributed by atoms with Crippen molar-refractivity contribution < 1.29 is 32.7 Å². The lowest BCUT2D eigenvalue weighted by atomic mass is 10.1. The SMILES string of the molecule is O=C(O)c1ccc(C(=O)Nc2n[nH]c3c2CN(C(=O)c2ccc(C(F)(F)F)cc2)C3)cc1. The van der Waals surface area contributed by atoms with Crippen molar-refractivity contribution in [3.05, 3.63) is 82.0 Å². The number of rotatable bonds is 4. The minimum absolute atomic E-state index is 0.0413. The van der Waals surface area contributed by atoms with E-state index in [4.69, 9.17) is 5.11 Å². The molecule has 0 saturated carbocycles. The molecule has 2 heterocycles. The van der Waals surface area contributed by atoms with Gasteiger partial charge in [-0.2, -0.15) is 18.3 Å². The van der Waals surface area contributed by atoms with E-state index in [2.05, 4.69) is 15.5 Å². The number of amides is 2. The number of nitrogens with zero attached hydrogens (tertiary/aromatic N) is 2. The van der Waals surface area contributed by atoms with Crippen LogP contribution in [-0.4, -0.2) is 38.0 Å². The summed E-state index contributed by atoms with van der Waals surface area (Å²) in [5.41, 5.74) is 0.719. The number of nitrogens with one attached hydrogen (secondary N) is 2. The van der Waals surface area contributed by atoms with Gasteiger partial charge >= 0.3 is 12.1 Å². The Bertz CT molecular complexity index is 1200. The quantitative estimate of drug-likeness (QED) is 0.570. The molecule has 11 heteroatoms. The van der Waals surface area contributed by atoms with E-state index in [1.165, 1.54) is 29.2 Å². The molecule has 1 aromatic heterocycles. The first-order valence-corrected chi connectivity index (χ1v) is 9.31. The molecule has 2 amide bonds. The van der Waals surface area contributed by atoms with Gasteiger partial charge in [0.15, 0.2) is 5.82 Å². The topological polar surface area (TPSA) is 115 Å². The van der Waals surface area contributed by atoms with Crippen molar-refractivity contribution in [1.82, 2.24) is 15.1 Å². The number of halogens is 3. The van der Waals surface area contributed by atoms with Gasteiger partial charge in [0.2, 0.25) is 0 Å². The zero-order valence-corrected chi connectivity index (χ0v) is 16.2. The summed E-state index contributed by atoms with van der Waals surface area (Å²) >= 11 is 0. The number of hydrogen-bond acceptors (Lipinski definition) is 4. The number of aromatic carboxylic acids is 1. The van der Waals surface area contributed by atoms with Crippen LogP contribution in [0.15, 0.2) is 48.5 Å². The van der Waals surface area contributed by atoms with Gasteiger partial charge in [0.25, 0.3) is 11.8 Å². The Morgan fingerprint density at radius 2 is 1.53 bits per heavy atom. The zero-order chi connectivity index (χ0) is 23.0. The van der Waals surface area contributed by atoms with Gasteiger partial charge in [-0.1, -0.05) is 0 Å². The van der Waals surface area contributed by atoms with E-state index in [1.54, 1.807) is 0 Å². The number of alkyl halides is 3. The Labute approximate surface area is 178 Å². The van der Waals surface area contributed by atoms with E-state index < -0.39 is 29.5 Å². The fourth-order valence-corrected chi connectivity index (χ4v) is 3.32. The van der Waals surface area contributed by atoms with Crippen LogP contribution in [0.3, 0.4) is 0 Å². The van der Waals surface area contributed by atoms with Crippen LogP contribution in [0.1, 0.15) is 47.9 Å². The van der Waals surface area contributed by atoms with Crippen LogP contribution in [0, 0.1) is 0 Å². The van der Waals surface area contributed by atoms with E-state index in [-0.39, 0.29) is 35.6 Å². The molecule has 0 atom stereocenters. The Balaban J connectivity index is 1.45. The molecule has 2 aromatic carbocycles. The Kier molecular flexibility index (Phi) is 5.17. The van der Waals surface area contributed by atoms with Gasteiger partial charge < -0.3 is 15.3 Å². The minimum atomic E-state index is -4.49. The molecule has 3 aromatic rings. The number of fused-ring (bicyclic) bond motifs is 1. The number of hydrogen-bond donors (Lipinski definition) is 3. The summed E-state index contributed by atoms with van der Waals surface area (Å²) in [6, 6.07) is 9.29. The molecule has 0 radical (unpaired) electrons. The minimum Gasteiger partial charge on any atom is -0.478 e. The maximum absolute atomic E-state index is 12.7. The summed E-state index contributed by atoms with van der Waals surface area (Å²) in [7, 11) is 0. The number of benzene rings is 2. The van der Waals surface area contributed by atoms with Crippen molar-refractivity contribution in [1.29, 1.82) is 0 Å². The van der Waals surface area contributed by atoms with E-state index in [0.29, 0.717) is 11.3 Å². The first-order valence-electron chi connectivity index (χ1n) is 9.31. The number of carboxylic acids is 1. The second-order valence-electron chi connectivity index (χ2n) is 7.10. The van der Waals surface area contributed by atoms with Crippen molar-refractivity contribution in [2.75, 3.05) is 5.32 Å². The highest BCUT2D eigenvalue weighted by atomic mass is 19.4. The van der Waals surface area contributed by atoms with Crippen LogP contribution in [0.5, 0.6) is 0 Å². The van der Waals surface area contributed by atoms with Crippen LogP contribution < -0.4 is 5.32 Å². The fraction of sp³-hybridized carbons (Fsp3) is 0.143. The predicted molar refractivity (Wildman–Crippen MR) is 105 cm³/mol. The third kappa shape index (κ3) is 4.04. The van der Waals surface area contributed by atoms with Gasteiger partial charge in [-0.3, -0.25) is 14.7 Å². The Morgan fingerprint density at radius 1 is 0.938 bits per heavy atom. The van der Waals surface area contributed by atoms with Gasteiger partial charge in [0.05, 0.1) is 29.9 Å². The summed E-state index contributed by atoms with van der Waals surface area (Å²) in [4.78, 5) is 37.5. The monoisotopic (exact) mass is 444 g/mol. The molecular weight excluding hydrogens is 429 g/mol. The third-order valence-corrected chi connectivity index (χ3v) is 5.02. The lowest BCUT2D eigenvalue weighted by Gasteiger charge is -2.16. The Morgan fingerprint density at radius 3 is 2.12 bits per heavy atom. The molecule has 0 saturated heterocycles. The van der Waals surface area contributed by atoms with Gasteiger partial charge in [0.1, 0.15) is 0 Å². The van der Waals surface area contributed by atoms with E-state index in [0.717, 1.165) is 24.3 Å². The number of carboxylic acid groups (broad SMARTS) is 1. The highest BCUT2D eigenvalue weighted by molar-refractivity contribution is 6.04. The lowest BCUT2D eigenvalue weighted by molar-refractivity contribution is -0.137. The number of carbonyl (C=O) groups is 3. The second kappa shape index (κ2) is 7.84. The highest BCUT2D eigenvalue weighted by Gasteiger charge is 2.32. The first kappa shape index (κ1) is 21.1. The van der Waals surface area contributed by atoms with E-state index in [1.807, 2.05) is 0 Å². The van der Waals surface area contributed by atoms with Gasteiger partial charge in [0, 0.05) is 16.7 Å². The number of anilines is 1. The molecule has 1 aliphatic heterocycles. The molecule has 164 valence electrons. The third-order valence-electron chi connectivity index (χ3n) is 5.02. The summed E-state index contributed by atoms with van der Waals surface area (Å²) in [6.45, 7) is 0.268. The number of carbonyl (C=O) groups excluding carboxylic acids is 2. The van der Waals surface area contributed by atoms with E-state index in [9.17, 15) is 27.6 Å². The fourth-order valence-electron chi connectivity index (χ4n) is 3.32. The predicted octanol–water partition coefficient (Wildman–Crippen LogP) is 3.54. The molecule has 0 aliphatic carbocycles. The number of aromatic amines is 1. The molecule has 1 aliphatic rings. The van der Waals surface area contributed by atoms with Crippen LogP contribution in [0.2, 0.25) is 0 Å². The van der Waals surface area contributed by atoms with E-state index >= 15 is 0 Å². The summed E-state index contributed by atoms with van der Waals surface area (Å²) in [5.74, 6) is -1.86. The van der Waals surface area contributed by atoms with Crippen molar-refractivity contribution in [2.45, 2.75) is 19.3 Å². The first-order chi connectivity index (χ1) is 15.1. The van der Waals surface area contributed by atoms with Crippen molar-refractivity contribution >= 4 is 23.6 Å². The van der Waals surface area contributed by atoms with Crippen LogP contribution in [-0.2, 0) is 19.3 Å². The summed E-state index contributed by atoms with van der Waals surface area (Å²) in [6.07, 6.45) is -4.49. The highest BCUT2D eigenvalue weighted by Crippen LogP contribution is 2.31. The molecule has 4 rings (SSSR count). The number of aromatic nitrogens is 2. The average molecular weight is 444 g/mol. The summed E-state index contributed by atoms with van der Waals surface area (Å²) in [5, 5.41) is 18.3. The normalized spacial score (nSPS) is 13.0. The van der Waals surface area contributed by atoms with Gasteiger partial charge in [-0.15, -0.1) is 0 Å². The number of H-pyrrole nitrogens is 1. The summed E-state index contributed by atoms with van der Waals surface area (Å²) < 4.78 is 38.2. The largest absolute Gasteiger partial charge is 0.478 e. The molecule has 0 unspecified atom stereocenters. The maximum Gasteiger partial charge on any atom is 0.416 e.